The lowest BCUT2D eigenvalue weighted by molar-refractivity contribution is 0.524. The lowest BCUT2D eigenvalue weighted by Crippen LogP contribution is -2.22. The molecule has 2 nitrogen and oxygen atoms in total. The smallest absolute Gasteiger partial charge is 0.141 e. The second-order valence-electron chi connectivity index (χ2n) is 4.12. The zero-order valence-electron chi connectivity index (χ0n) is 10.1. The molecule has 2 aromatic rings. The van der Waals surface area contributed by atoms with Gasteiger partial charge in [0, 0.05) is 11.6 Å². The Kier molecular flexibility index (Phi) is 4.39. The van der Waals surface area contributed by atoms with Crippen LogP contribution >= 0.6 is 11.6 Å². The van der Waals surface area contributed by atoms with Crippen LogP contribution in [-0.2, 0) is 6.42 Å². The van der Waals surface area contributed by atoms with E-state index in [4.69, 9.17) is 16.0 Å². The summed E-state index contributed by atoms with van der Waals surface area (Å²) in [6.45, 7) is 2.90. The minimum atomic E-state index is -0.385. The number of nitrogens with one attached hydrogen (secondary N) is 1. The quantitative estimate of drug-likeness (QED) is 0.887. The third kappa shape index (κ3) is 3.12. The maximum atomic E-state index is 13.1. The summed E-state index contributed by atoms with van der Waals surface area (Å²) in [6.07, 6.45) is 4.11. The molecule has 4 heteroatoms. The molecule has 0 aliphatic carbocycles. The van der Waals surface area contributed by atoms with Crippen LogP contribution in [0.1, 0.15) is 24.1 Å². The first-order valence-electron chi connectivity index (χ1n) is 5.90. The topological polar surface area (TPSA) is 25.2 Å². The van der Waals surface area contributed by atoms with Gasteiger partial charge in [0.05, 0.1) is 17.5 Å². The Hall–Kier alpha value is -1.32. The van der Waals surface area contributed by atoms with Crippen molar-refractivity contribution in [3.8, 4) is 0 Å². The van der Waals surface area contributed by atoms with Crippen LogP contribution in [0.2, 0.25) is 5.02 Å². The Morgan fingerprint density at radius 2 is 2.22 bits per heavy atom. The number of likely N-dealkylation sites (N-methyl/N-ethyl adjacent to an activating group) is 1. The SMILES string of the molecule is CCNC(Cc1ccc(F)c(Cl)c1)c1ccoc1. The molecular weight excluding hydrogens is 253 g/mol. The summed E-state index contributed by atoms with van der Waals surface area (Å²) in [5.41, 5.74) is 2.07. The first-order valence-corrected chi connectivity index (χ1v) is 6.28. The van der Waals surface area contributed by atoms with Gasteiger partial charge in [0.2, 0.25) is 0 Å². The Balaban J connectivity index is 2.16. The molecular formula is C14H15ClFNO. The molecule has 0 spiro atoms. The van der Waals surface area contributed by atoms with Crippen LogP contribution in [0.25, 0.3) is 0 Å². The van der Waals surface area contributed by atoms with Gasteiger partial charge in [-0.05, 0) is 36.7 Å². The molecule has 0 saturated heterocycles. The summed E-state index contributed by atoms with van der Waals surface area (Å²) in [5, 5.41) is 3.53. The van der Waals surface area contributed by atoms with E-state index in [1.165, 1.54) is 6.07 Å². The highest BCUT2D eigenvalue weighted by Gasteiger charge is 2.13. The van der Waals surface area contributed by atoms with Crippen LogP contribution in [0.15, 0.2) is 41.2 Å². The van der Waals surface area contributed by atoms with Crippen molar-refractivity contribution < 1.29 is 8.81 Å². The standard InChI is InChI=1S/C14H15ClFNO/c1-2-17-14(11-5-6-18-9-11)8-10-3-4-13(16)12(15)7-10/h3-7,9,14,17H,2,8H2,1H3. The molecule has 18 heavy (non-hydrogen) atoms. The molecule has 0 amide bonds. The summed E-state index contributed by atoms with van der Waals surface area (Å²) in [5.74, 6) is -0.385. The molecule has 0 aliphatic heterocycles. The highest BCUT2D eigenvalue weighted by atomic mass is 35.5. The molecule has 1 unspecified atom stereocenters. The third-order valence-corrected chi connectivity index (χ3v) is 3.11. The molecule has 0 saturated carbocycles. The largest absolute Gasteiger partial charge is 0.472 e. The zero-order valence-corrected chi connectivity index (χ0v) is 10.9. The van der Waals surface area contributed by atoms with E-state index < -0.39 is 0 Å². The highest BCUT2D eigenvalue weighted by Crippen LogP contribution is 2.22. The van der Waals surface area contributed by atoms with E-state index in [2.05, 4.69) is 5.32 Å². The van der Waals surface area contributed by atoms with E-state index >= 15 is 0 Å². The number of hydrogen-bond acceptors (Lipinski definition) is 2. The van der Waals surface area contributed by atoms with Crippen molar-refractivity contribution in [3.63, 3.8) is 0 Å². The third-order valence-electron chi connectivity index (χ3n) is 2.82. The summed E-state index contributed by atoms with van der Waals surface area (Å²) in [7, 11) is 0. The molecule has 1 atom stereocenters. The van der Waals surface area contributed by atoms with Crippen LogP contribution < -0.4 is 5.32 Å². The zero-order chi connectivity index (χ0) is 13.0. The minimum Gasteiger partial charge on any atom is -0.472 e. The number of rotatable bonds is 5. The van der Waals surface area contributed by atoms with Crippen molar-refractivity contribution >= 4 is 11.6 Å². The predicted molar refractivity (Wildman–Crippen MR) is 70.2 cm³/mol. The normalized spacial score (nSPS) is 12.6. The maximum Gasteiger partial charge on any atom is 0.141 e. The number of halogens is 2. The minimum absolute atomic E-state index is 0.148. The predicted octanol–water partition coefficient (Wildman–Crippen LogP) is 3.97. The summed E-state index contributed by atoms with van der Waals surface area (Å²) < 4.78 is 18.2. The van der Waals surface area contributed by atoms with E-state index in [1.807, 2.05) is 13.0 Å². The van der Waals surface area contributed by atoms with Crippen molar-refractivity contribution in [3.05, 3.63) is 58.8 Å². The Labute approximate surface area is 111 Å². The van der Waals surface area contributed by atoms with Crippen molar-refractivity contribution in [1.82, 2.24) is 5.32 Å². The van der Waals surface area contributed by atoms with E-state index in [0.717, 1.165) is 24.1 Å². The van der Waals surface area contributed by atoms with Gasteiger partial charge in [-0.1, -0.05) is 24.6 Å². The molecule has 96 valence electrons. The average Bonchev–Trinajstić information content (AvgIpc) is 2.87. The van der Waals surface area contributed by atoms with Gasteiger partial charge in [0.15, 0.2) is 0 Å². The van der Waals surface area contributed by atoms with Crippen LogP contribution in [0, 0.1) is 5.82 Å². The molecule has 0 fully saturated rings. The number of benzene rings is 1. The highest BCUT2D eigenvalue weighted by molar-refractivity contribution is 6.30. The first-order chi connectivity index (χ1) is 8.70. The van der Waals surface area contributed by atoms with Gasteiger partial charge in [-0.15, -0.1) is 0 Å². The van der Waals surface area contributed by atoms with E-state index in [9.17, 15) is 4.39 Å². The monoisotopic (exact) mass is 267 g/mol. The molecule has 2 rings (SSSR count). The van der Waals surface area contributed by atoms with Crippen LogP contribution in [0.3, 0.4) is 0 Å². The summed E-state index contributed by atoms with van der Waals surface area (Å²) in [6, 6.07) is 6.90. The summed E-state index contributed by atoms with van der Waals surface area (Å²) in [4.78, 5) is 0. The van der Waals surface area contributed by atoms with Gasteiger partial charge in [0.1, 0.15) is 5.82 Å². The van der Waals surface area contributed by atoms with Gasteiger partial charge in [-0.25, -0.2) is 4.39 Å². The van der Waals surface area contributed by atoms with E-state index in [0.29, 0.717) is 0 Å². The van der Waals surface area contributed by atoms with Gasteiger partial charge in [0.25, 0.3) is 0 Å². The van der Waals surface area contributed by atoms with Crippen molar-refractivity contribution in [1.29, 1.82) is 0 Å². The fourth-order valence-corrected chi connectivity index (χ4v) is 2.13. The molecule has 1 N–H and O–H groups in total. The Morgan fingerprint density at radius 3 is 2.83 bits per heavy atom. The molecule has 0 radical (unpaired) electrons. The van der Waals surface area contributed by atoms with Gasteiger partial charge in [-0.3, -0.25) is 0 Å². The lowest BCUT2D eigenvalue weighted by atomic mass is 10.0. The molecule has 1 aromatic heterocycles. The van der Waals surface area contributed by atoms with Gasteiger partial charge in [-0.2, -0.15) is 0 Å². The molecule has 0 aliphatic rings. The van der Waals surface area contributed by atoms with Crippen LogP contribution in [0.4, 0.5) is 4.39 Å². The first kappa shape index (κ1) is 13.1. The molecule has 0 bridgehead atoms. The van der Waals surface area contributed by atoms with Gasteiger partial charge < -0.3 is 9.73 Å². The summed E-state index contributed by atoms with van der Waals surface area (Å²) >= 11 is 5.79. The fourth-order valence-electron chi connectivity index (χ4n) is 1.93. The van der Waals surface area contributed by atoms with Crippen molar-refractivity contribution in [2.75, 3.05) is 6.54 Å². The maximum absolute atomic E-state index is 13.1. The molecule has 1 aromatic carbocycles. The number of hydrogen-bond donors (Lipinski definition) is 1. The lowest BCUT2D eigenvalue weighted by Gasteiger charge is -2.16. The van der Waals surface area contributed by atoms with Crippen molar-refractivity contribution in [2.45, 2.75) is 19.4 Å². The van der Waals surface area contributed by atoms with Crippen molar-refractivity contribution in [2.24, 2.45) is 0 Å². The Bertz CT molecular complexity index is 499. The second kappa shape index (κ2) is 6.03. The average molecular weight is 268 g/mol. The Morgan fingerprint density at radius 1 is 1.39 bits per heavy atom. The number of furan rings is 1. The van der Waals surface area contributed by atoms with Crippen LogP contribution in [-0.4, -0.2) is 6.54 Å². The molecule has 1 heterocycles. The van der Waals surface area contributed by atoms with E-state index in [-0.39, 0.29) is 16.9 Å². The van der Waals surface area contributed by atoms with E-state index in [1.54, 1.807) is 24.7 Å². The van der Waals surface area contributed by atoms with Crippen LogP contribution in [0.5, 0.6) is 0 Å². The fraction of sp³-hybridized carbons (Fsp3) is 0.286. The van der Waals surface area contributed by atoms with Gasteiger partial charge >= 0.3 is 0 Å². The second-order valence-corrected chi connectivity index (χ2v) is 4.53.